The van der Waals surface area contributed by atoms with Crippen LogP contribution in [0.25, 0.3) is 0 Å². The Morgan fingerprint density at radius 2 is 1.86 bits per heavy atom. The zero-order valence-corrected chi connectivity index (χ0v) is 12.1. The normalized spacial score (nSPS) is 12.4. The molecule has 1 atom stereocenters. The van der Waals surface area contributed by atoms with Crippen molar-refractivity contribution < 1.29 is 8.78 Å². The first-order valence-corrected chi connectivity index (χ1v) is 7.04. The molecule has 21 heavy (non-hydrogen) atoms. The molecule has 112 valence electrons. The summed E-state index contributed by atoms with van der Waals surface area (Å²) in [6.07, 6.45) is 2.30. The Bertz CT molecular complexity index is 599. The molecule has 0 radical (unpaired) electrons. The van der Waals surface area contributed by atoms with E-state index in [-0.39, 0.29) is 6.04 Å². The van der Waals surface area contributed by atoms with Crippen LogP contribution in [-0.2, 0) is 12.8 Å². The van der Waals surface area contributed by atoms with Crippen molar-refractivity contribution in [2.75, 3.05) is 0 Å². The van der Waals surface area contributed by atoms with Gasteiger partial charge in [0.15, 0.2) is 11.6 Å². The Morgan fingerprint density at radius 1 is 1.10 bits per heavy atom. The van der Waals surface area contributed by atoms with Crippen LogP contribution < -0.4 is 11.3 Å². The third-order valence-corrected chi connectivity index (χ3v) is 3.73. The van der Waals surface area contributed by atoms with Crippen LogP contribution in [0.3, 0.4) is 0 Å². The molecular weight excluding hydrogens is 270 g/mol. The van der Waals surface area contributed by atoms with Gasteiger partial charge >= 0.3 is 0 Å². The van der Waals surface area contributed by atoms with Crippen molar-refractivity contribution in [3.8, 4) is 0 Å². The number of hydrazine groups is 1. The van der Waals surface area contributed by atoms with E-state index in [0.717, 1.165) is 24.5 Å². The molecule has 2 rings (SSSR count). The van der Waals surface area contributed by atoms with Crippen molar-refractivity contribution in [1.29, 1.82) is 0 Å². The SMILES string of the molecule is Cc1ccccc1CCC(Cc1ccc(F)c(F)c1)NN. The number of benzene rings is 2. The lowest BCUT2D eigenvalue weighted by Crippen LogP contribution is -2.37. The maximum Gasteiger partial charge on any atom is 0.159 e. The molecular formula is C17H20F2N2. The van der Waals surface area contributed by atoms with E-state index in [4.69, 9.17) is 5.84 Å². The lowest BCUT2D eigenvalue weighted by atomic mass is 9.97. The number of hydrogen-bond acceptors (Lipinski definition) is 2. The first-order valence-electron chi connectivity index (χ1n) is 7.04. The van der Waals surface area contributed by atoms with Crippen molar-refractivity contribution in [3.05, 3.63) is 70.8 Å². The first-order chi connectivity index (χ1) is 10.1. The Morgan fingerprint density at radius 3 is 2.52 bits per heavy atom. The fourth-order valence-corrected chi connectivity index (χ4v) is 2.42. The lowest BCUT2D eigenvalue weighted by molar-refractivity contribution is 0.482. The topological polar surface area (TPSA) is 38.0 Å². The molecule has 0 amide bonds. The van der Waals surface area contributed by atoms with Crippen molar-refractivity contribution >= 4 is 0 Å². The summed E-state index contributed by atoms with van der Waals surface area (Å²) in [6, 6.07) is 12.2. The van der Waals surface area contributed by atoms with Crippen LogP contribution >= 0.6 is 0 Å². The van der Waals surface area contributed by atoms with E-state index in [0.29, 0.717) is 6.42 Å². The summed E-state index contributed by atoms with van der Waals surface area (Å²) in [5.41, 5.74) is 6.03. The summed E-state index contributed by atoms with van der Waals surface area (Å²) in [4.78, 5) is 0. The predicted molar refractivity (Wildman–Crippen MR) is 80.7 cm³/mol. The van der Waals surface area contributed by atoms with Gasteiger partial charge in [-0.05, 0) is 55.0 Å². The second-order valence-corrected chi connectivity index (χ2v) is 5.28. The van der Waals surface area contributed by atoms with Crippen LogP contribution in [0.4, 0.5) is 8.78 Å². The standard InChI is InChI=1S/C17H20F2N2/c1-12-4-2-3-5-14(12)7-8-15(21-20)10-13-6-9-16(18)17(19)11-13/h2-6,9,11,15,21H,7-8,10,20H2,1H3. The van der Waals surface area contributed by atoms with Crippen LogP contribution in [0.2, 0.25) is 0 Å². The quantitative estimate of drug-likeness (QED) is 0.633. The van der Waals surface area contributed by atoms with Gasteiger partial charge in [0.25, 0.3) is 0 Å². The van der Waals surface area contributed by atoms with Gasteiger partial charge in [-0.1, -0.05) is 30.3 Å². The molecule has 0 saturated heterocycles. The zero-order chi connectivity index (χ0) is 15.2. The summed E-state index contributed by atoms with van der Waals surface area (Å²) < 4.78 is 26.1. The van der Waals surface area contributed by atoms with Gasteiger partial charge in [0, 0.05) is 6.04 Å². The molecule has 0 saturated carbocycles. The van der Waals surface area contributed by atoms with Crippen molar-refractivity contribution in [2.24, 2.45) is 5.84 Å². The number of halogens is 2. The number of nitrogens with two attached hydrogens (primary N) is 1. The zero-order valence-electron chi connectivity index (χ0n) is 12.1. The molecule has 0 fully saturated rings. The largest absolute Gasteiger partial charge is 0.271 e. The highest BCUT2D eigenvalue weighted by Gasteiger charge is 2.11. The smallest absolute Gasteiger partial charge is 0.159 e. The van der Waals surface area contributed by atoms with Gasteiger partial charge in [0.2, 0.25) is 0 Å². The van der Waals surface area contributed by atoms with E-state index in [2.05, 4.69) is 24.5 Å². The molecule has 0 spiro atoms. The molecule has 0 aliphatic carbocycles. The fourth-order valence-electron chi connectivity index (χ4n) is 2.42. The summed E-state index contributed by atoms with van der Waals surface area (Å²) in [7, 11) is 0. The Labute approximate surface area is 124 Å². The van der Waals surface area contributed by atoms with Gasteiger partial charge < -0.3 is 0 Å². The van der Waals surface area contributed by atoms with E-state index in [1.807, 2.05) is 12.1 Å². The minimum absolute atomic E-state index is 0.0227. The lowest BCUT2D eigenvalue weighted by Gasteiger charge is -2.16. The number of nitrogens with one attached hydrogen (secondary N) is 1. The summed E-state index contributed by atoms with van der Waals surface area (Å²) in [6.45, 7) is 2.08. The third-order valence-electron chi connectivity index (χ3n) is 3.73. The third kappa shape index (κ3) is 4.34. The maximum absolute atomic E-state index is 13.2. The van der Waals surface area contributed by atoms with Gasteiger partial charge in [-0.2, -0.15) is 0 Å². The van der Waals surface area contributed by atoms with Gasteiger partial charge in [-0.25, -0.2) is 8.78 Å². The molecule has 0 heterocycles. The molecule has 0 aliphatic rings. The molecule has 3 N–H and O–H groups in total. The van der Waals surface area contributed by atoms with E-state index in [1.165, 1.54) is 17.2 Å². The monoisotopic (exact) mass is 290 g/mol. The second kappa shape index (κ2) is 7.29. The van der Waals surface area contributed by atoms with Crippen LogP contribution in [0.5, 0.6) is 0 Å². The molecule has 1 unspecified atom stereocenters. The van der Waals surface area contributed by atoms with Gasteiger partial charge in [-0.3, -0.25) is 11.3 Å². The average Bonchev–Trinajstić information content (AvgIpc) is 2.48. The summed E-state index contributed by atoms with van der Waals surface area (Å²) in [5.74, 6) is 3.93. The van der Waals surface area contributed by atoms with Gasteiger partial charge in [0.1, 0.15) is 0 Å². The molecule has 2 aromatic carbocycles. The molecule has 0 bridgehead atoms. The number of hydrogen-bond donors (Lipinski definition) is 2. The average molecular weight is 290 g/mol. The minimum atomic E-state index is -0.823. The highest BCUT2D eigenvalue weighted by Crippen LogP contribution is 2.14. The summed E-state index contributed by atoms with van der Waals surface area (Å²) in [5, 5.41) is 0. The highest BCUT2D eigenvalue weighted by atomic mass is 19.2. The van der Waals surface area contributed by atoms with Crippen molar-refractivity contribution in [3.63, 3.8) is 0 Å². The van der Waals surface area contributed by atoms with E-state index >= 15 is 0 Å². The molecule has 4 heteroatoms. The molecule has 0 aliphatic heterocycles. The van der Waals surface area contributed by atoms with E-state index in [9.17, 15) is 8.78 Å². The van der Waals surface area contributed by atoms with E-state index in [1.54, 1.807) is 6.07 Å². The van der Waals surface area contributed by atoms with Crippen LogP contribution in [-0.4, -0.2) is 6.04 Å². The van der Waals surface area contributed by atoms with E-state index < -0.39 is 11.6 Å². The number of aryl methyl sites for hydroxylation is 2. The maximum atomic E-state index is 13.2. The second-order valence-electron chi connectivity index (χ2n) is 5.28. The molecule has 0 aromatic heterocycles. The van der Waals surface area contributed by atoms with Gasteiger partial charge in [-0.15, -0.1) is 0 Å². The predicted octanol–water partition coefficient (Wildman–Crippen LogP) is 3.28. The number of rotatable bonds is 6. The molecule has 2 nitrogen and oxygen atoms in total. The first kappa shape index (κ1) is 15.6. The van der Waals surface area contributed by atoms with Crippen LogP contribution in [0.15, 0.2) is 42.5 Å². The fraction of sp³-hybridized carbons (Fsp3) is 0.294. The minimum Gasteiger partial charge on any atom is -0.271 e. The van der Waals surface area contributed by atoms with Crippen LogP contribution in [0, 0.1) is 18.6 Å². The highest BCUT2D eigenvalue weighted by molar-refractivity contribution is 5.26. The Kier molecular flexibility index (Phi) is 5.42. The Balaban J connectivity index is 1.97. The van der Waals surface area contributed by atoms with Crippen LogP contribution in [0.1, 0.15) is 23.1 Å². The Hall–Kier alpha value is -1.78. The van der Waals surface area contributed by atoms with Crippen molar-refractivity contribution in [1.82, 2.24) is 5.43 Å². The summed E-state index contributed by atoms with van der Waals surface area (Å²) >= 11 is 0. The molecule has 2 aromatic rings. The van der Waals surface area contributed by atoms with Crippen molar-refractivity contribution in [2.45, 2.75) is 32.2 Å². The van der Waals surface area contributed by atoms with Gasteiger partial charge in [0.05, 0.1) is 0 Å².